The van der Waals surface area contributed by atoms with Crippen LogP contribution in [0.5, 0.6) is 0 Å². The number of fused-ring (bicyclic) bond motifs is 8. The lowest BCUT2D eigenvalue weighted by Gasteiger charge is -2.51. The zero-order valence-electron chi connectivity index (χ0n) is 30.3. The van der Waals surface area contributed by atoms with Crippen LogP contribution in [0.15, 0.2) is 36.4 Å². The summed E-state index contributed by atoms with van der Waals surface area (Å²) in [6.45, 7) is 0. The Labute approximate surface area is 292 Å². The first-order valence-corrected chi connectivity index (χ1v) is 21.4. The second-order valence-corrected chi connectivity index (χ2v) is 18.8. The third-order valence-corrected chi connectivity index (χ3v) is 16.7. The molecule has 2 aromatic rings. The molecule has 0 aromatic heterocycles. The maximum absolute atomic E-state index is 2.83. The number of rotatable bonds is 3. The molecule has 0 heterocycles. The number of hydrogen-bond donors (Lipinski definition) is 0. The van der Waals surface area contributed by atoms with Crippen LogP contribution < -0.4 is 0 Å². The smallest absolute Gasteiger partial charge is 0.00435 e. The summed E-state index contributed by atoms with van der Waals surface area (Å²) >= 11 is 0. The molecule has 10 rings (SSSR count). The highest BCUT2D eigenvalue weighted by Gasteiger charge is 2.49. The van der Waals surface area contributed by atoms with Crippen molar-refractivity contribution in [3.05, 3.63) is 80.9 Å². The molecular weight excluding hydrogens is 577 g/mol. The van der Waals surface area contributed by atoms with Crippen molar-refractivity contribution >= 4 is 11.1 Å². The van der Waals surface area contributed by atoms with E-state index in [9.17, 15) is 0 Å². The standard InChI is InChI=1S/C48H62/c1-5-19-45(20-6-1)27-29-47(23-9-3-10-24-47)43-33-39-35(15-17-37(39)31-41(43)45)13-14-36-16-18-38-32-42-44(34-40(36)38)48(25-11-4-12-26-48)30-28-46(42)21-7-2-8-22-46/h15-16,31-34H,1-14,17-30H2. The van der Waals surface area contributed by atoms with Gasteiger partial charge in [-0.05, 0) is 180 Å². The molecule has 0 heteroatoms. The van der Waals surface area contributed by atoms with E-state index in [1.54, 1.807) is 33.4 Å². The highest BCUT2D eigenvalue weighted by atomic mass is 14.5. The summed E-state index contributed by atoms with van der Waals surface area (Å²) in [7, 11) is 0. The summed E-state index contributed by atoms with van der Waals surface area (Å²) in [6, 6.07) is 11.3. The van der Waals surface area contributed by atoms with E-state index in [0.29, 0.717) is 21.7 Å². The molecule has 0 bridgehead atoms. The van der Waals surface area contributed by atoms with E-state index in [0.717, 1.165) is 0 Å². The van der Waals surface area contributed by atoms with Crippen LogP contribution >= 0.6 is 0 Å². The molecule has 4 saturated carbocycles. The molecule has 0 saturated heterocycles. The molecule has 0 nitrogen and oxygen atoms in total. The molecule has 0 atom stereocenters. The third-order valence-electron chi connectivity index (χ3n) is 16.7. The van der Waals surface area contributed by atoms with Gasteiger partial charge < -0.3 is 0 Å². The van der Waals surface area contributed by atoms with Crippen molar-refractivity contribution in [3.63, 3.8) is 0 Å². The van der Waals surface area contributed by atoms with Gasteiger partial charge in [-0.25, -0.2) is 0 Å². The Morgan fingerprint density at radius 1 is 0.333 bits per heavy atom. The van der Waals surface area contributed by atoms with Gasteiger partial charge in [0.05, 0.1) is 0 Å². The molecular formula is C48H62. The van der Waals surface area contributed by atoms with Gasteiger partial charge in [0.2, 0.25) is 0 Å². The van der Waals surface area contributed by atoms with Gasteiger partial charge in [-0.3, -0.25) is 0 Å². The topological polar surface area (TPSA) is 0 Å². The maximum atomic E-state index is 2.83. The molecule has 0 aliphatic heterocycles. The van der Waals surface area contributed by atoms with Crippen LogP contribution in [0.3, 0.4) is 0 Å². The Hall–Kier alpha value is -2.08. The zero-order valence-corrected chi connectivity index (χ0v) is 30.3. The molecule has 0 radical (unpaired) electrons. The molecule has 48 heavy (non-hydrogen) atoms. The summed E-state index contributed by atoms with van der Waals surface area (Å²) in [5.41, 5.74) is 19.4. The van der Waals surface area contributed by atoms with Gasteiger partial charge in [-0.1, -0.05) is 113 Å². The average Bonchev–Trinajstić information content (AvgIpc) is 3.75. The van der Waals surface area contributed by atoms with E-state index in [2.05, 4.69) is 36.4 Å². The fourth-order valence-electron chi connectivity index (χ4n) is 13.9. The average molecular weight is 639 g/mol. The predicted molar refractivity (Wildman–Crippen MR) is 203 cm³/mol. The fourth-order valence-corrected chi connectivity index (χ4v) is 13.9. The summed E-state index contributed by atoms with van der Waals surface area (Å²) in [4.78, 5) is 0. The van der Waals surface area contributed by atoms with E-state index in [-0.39, 0.29) is 0 Å². The molecule has 8 aliphatic carbocycles. The Balaban J connectivity index is 0.958. The van der Waals surface area contributed by atoms with Gasteiger partial charge >= 0.3 is 0 Å². The number of allylic oxidation sites excluding steroid dienone is 4. The van der Waals surface area contributed by atoms with Crippen molar-refractivity contribution in [1.82, 2.24) is 0 Å². The summed E-state index contributed by atoms with van der Waals surface area (Å²) in [5, 5.41) is 0. The largest absolute Gasteiger partial charge is 0.0763 e. The Morgan fingerprint density at radius 2 is 0.625 bits per heavy atom. The summed E-state index contributed by atoms with van der Waals surface area (Å²) < 4.78 is 0. The molecule has 254 valence electrons. The summed E-state index contributed by atoms with van der Waals surface area (Å²) in [6.07, 6.45) is 45.1. The van der Waals surface area contributed by atoms with E-state index < -0.39 is 0 Å². The first kappa shape index (κ1) is 30.7. The van der Waals surface area contributed by atoms with Crippen molar-refractivity contribution < 1.29 is 0 Å². The van der Waals surface area contributed by atoms with Gasteiger partial charge in [0.25, 0.3) is 0 Å². The Kier molecular flexibility index (Phi) is 7.51. The predicted octanol–water partition coefficient (Wildman–Crippen LogP) is 13.4. The van der Waals surface area contributed by atoms with Gasteiger partial charge in [0, 0.05) is 0 Å². The highest BCUT2D eigenvalue weighted by Crippen LogP contribution is 2.60. The fraction of sp³-hybridized carbons (Fsp3) is 0.667. The van der Waals surface area contributed by atoms with Crippen LogP contribution in [0.25, 0.3) is 11.1 Å². The molecule has 0 amide bonds. The van der Waals surface area contributed by atoms with Crippen molar-refractivity contribution in [1.29, 1.82) is 0 Å². The maximum Gasteiger partial charge on any atom is -0.00435 e. The van der Waals surface area contributed by atoms with Crippen LogP contribution in [0.4, 0.5) is 0 Å². The third kappa shape index (κ3) is 4.72. The van der Waals surface area contributed by atoms with Crippen LogP contribution in [0, 0.1) is 0 Å². The lowest BCUT2D eigenvalue weighted by molar-refractivity contribution is 0.175. The van der Waals surface area contributed by atoms with Crippen LogP contribution in [-0.4, -0.2) is 0 Å². The SMILES string of the molecule is C1=C(CCC2=CCc3cc4c(cc32)C2(CCCCC2)CCC42CCCCC2)c2cc3c(cc2C1)C1(CCCCC1)CCC31CCCCC1. The molecule has 4 spiro atoms. The minimum Gasteiger partial charge on any atom is -0.0763 e. The Bertz CT molecular complexity index is 1510. The van der Waals surface area contributed by atoms with Crippen molar-refractivity contribution in [2.45, 2.75) is 201 Å². The lowest BCUT2D eigenvalue weighted by Crippen LogP contribution is -2.43. The van der Waals surface area contributed by atoms with Crippen molar-refractivity contribution in [2.24, 2.45) is 0 Å². The molecule has 4 fully saturated rings. The van der Waals surface area contributed by atoms with E-state index in [1.807, 2.05) is 22.3 Å². The normalized spacial score (nSPS) is 27.3. The quantitative estimate of drug-likeness (QED) is 0.314. The van der Waals surface area contributed by atoms with Gasteiger partial charge in [-0.15, -0.1) is 0 Å². The van der Waals surface area contributed by atoms with E-state index in [4.69, 9.17) is 0 Å². The van der Waals surface area contributed by atoms with Crippen molar-refractivity contribution in [3.8, 4) is 0 Å². The first-order valence-electron chi connectivity index (χ1n) is 21.4. The van der Waals surface area contributed by atoms with Gasteiger partial charge in [0.1, 0.15) is 0 Å². The minimum atomic E-state index is 0.482. The van der Waals surface area contributed by atoms with Crippen molar-refractivity contribution in [2.75, 3.05) is 0 Å². The molecule has 8 aliphatic rings. The molecule has 2 aromatic carbocycles. The van der Waals surface area contributed by atoms with Gasteiger partial charge in [-0.2, -0.15) is 0 Å². The summed E-state index contributed by atoms with van der Waals surface area (Å²) in [5.74, 6) is 0. The van der Waals surface area contributed by atoms with Crippen LogP contribution in [0.2, 0.25) is 0 Å². The van der Waals surface area contributed by atoms with Crippen LogP contribution in [-0.2, 0) is 34.5 Å². The van der Waals surface area contributed by atoms with Crippen LogP contribution in [0.1, 0.15) is 211 Å². The number of benzene rings is 2. The second-order valence-electron chi connectivity index (χ2n) is 18.8. The monoisotopic (exact) mass is 638 g/mol. The minimum absolute atomic E-state index is 0.482. The van der Waals surface area contributed by atoms with E-state index in [1.165, 1.54) is 180 Å². The zero-order chi connectivity index (χ0) is 31.8. The molecule has 0 N–H and O–H groups in total. The Morgan fingerprint density at radius 3 is 0.938 bits per heavy atom. The first-order chi connectivity index (χ1) is 23.6. The number of hydrogen-bond acceptors (Lipinski definition) is 0. The molecule has 0 unspecified atom stereocenters. The lowest BCUT2D eigenvalue weighted by atomic mass is 9.53. The highest BCUT2D eigenvalue weighted by molar-refractivity contribution is 5.79. The van der Waals surface area contributed by atoms with E-state index >= 15 is 0 Å². The van der Waals surface area contributed by atoms with Gasteiger partial charge in [0.15, 0.2) is 0 Å². The second kappa shape index (κ2) is 11.7.